The number of carbonyl (C=O) groups is 1. The van der Waals surface area contributed by atoms with Crippen LogP contribution in [0.3, 0.4) is 0 Å². The molecule has 0 bridgehead atoms. The Hall–Kier alpha value is -1.91. The van der Waals surface area contributed by atoms with Crippen molar-refractivity contribution in [2.24, 2.45) is 5.92 Å². The number of rotatable bonds is 4. The number of aryl methyl sites for hydroxylation is 1. The first-order valence-electron chi connectivity index (χ1n) is 6.59. The van der Waals surface area contributed by atoms with Gasteiger partial charge in [-0.15, -0.1) is 0 Å². The van der Waals surface area contributed by atoms with Crippen LogP contribution in [-0.2, 0) is 14.8 Å². The number of nitriles is 1. The van der Waals surface area contributed by atoms with Crippen molar-refractivity contribution in [3.63, 3.8) is 0 Å². The van der Waals surface area contributed by atoms with E-state index in [0.29, 0.717) is 24.8 Å². The van der Waals surface area contributed by atoms with Gasteiger partial charge in [0.15, 0.2) is 0 Å². The molecule has 2 atom stereocenters. The van der Waals surface area contributed by atoms with Crippen LogP contribution < -0.4 is 4.72 Å². The number of carboxylic acids is 1. The molecule has 0 aromatic heterocycles. The summed E-state index contributed by atoms with van der Waals surface area (Å²) in [7, 11) is -3.75. The van der Waals surface area contributed by atoms with Crippen LogP contribution in [0, 0.1) is 24.2 Å². The van der Waals surface area contributed by atoms with Gasteiger partial charge in [-0.1, -0.05) is 6.07 Å². The van der Waals surface area contributed by atoms with Crippen molar-refractivity contribution in [2.75, 3.05) is 0 Å². The highest BCUT2D eigenvalue weighted by molar-refractivity contribution is 7.89. The third kappa shape index (κ3) is 3.40. The SMILES string of the molecule is Cc1ccc(C#N)cc1S(=O)(=O)NC1CCC(C(=O)O)C1. The number of nitrogens with zero attached hydrogens (tertiary/aromatic N) is 1. The first-order chi connectivity index (χ1) is 9.83. The number of benzene rings is 1. The summed E-state index contributed by atoms with van der Waals surface area (Å²) in [6.45, 7) is 1.66. The summed E-state index contributed by atoms with van der Waals surface area (Å²) in [6.07, 6.45) is 1.28. The highest BCUT2D eigenvalue weighted by Crippen LogP contribution is 2.27. The molecule has 2 N–H and O–H groups in total. The smallest absolute Gasteiger partial charge is 0.306 e. The zero-order valence-corrected chi connectivity index (χ0v) is 12.4. The Morgan fingerprint density at radius 1 is 1.43 bits per heavy atom. The maximum absolute atomic E-state index is 12.4. The second kappa shape index (κ2) is 5.84. The minimum Gasteiger partial charge on any atom is -0.481 e. The van der Waals surface area contributed by atoms with Crippen LogP contribution in [0.2, 0.25) is 0 Å². The summed E-state index contributed by atoms with van der Waals surface area (Å²) >= 11 is 0. The summed E-state index contributed by atoms with van der Waals surface area (Å²) in [5.74, 6) is -1.39. The van der Waals surface area contributed by atoms with Crippen LogP contribution in [-0.4, -0.2) is 25.5 Å². The van der Waals surface area contributed by atoms with Crippen LogP contribution in [0.25, 0.3) is 0 Å². The van der Waals surface area contributed by atoms with E-state index >= 15 is 0 Å². The van der Waals surface area contributed by atoms with E-state index in [0.717, 1.165) is 0 Å². The van der Waals surface area contributed by atoms with E-state index in [1.165, 1.54) is 6.07 Å². The first kappa shape index (κ1) is 15.5. The molecule has 7 heteroatoms. The summed E-state index contributed by atoms with van der Waals surface area (Å²) in [5.41, 5.74) is 0.824. The average Bonchev–Trinajstić information content (AvgIpc) is 2.87. The van der Waals surface area contributed by atoms with Gasteiger partial charge < -0.3 is 5.11 Å². The van der Waals surface area contributed by atoms with Crippen molar-refractivity contribution in [3.05, 3.63) is 29.3 Å². The minimum absolute atomic E-state index is 0.0697. The van der Waals surface area contributed by atoms with Gasteiger partial charge in [0.25, 0.3) is 0 Å². The van der Waals surface area contributed by atoms with E-state index in [4.69, 9.17) is 10.4 Å². The maximum Gasteiger partial charge on any atom is 0.306 e. The van der Waals surface area contributed by atoms with Gasteiger partial charge >= 0.3 is 5.97 Å². The van der Waals surface area contributed by atoms with Gasteiger partial charge in [-0.25, -0.2) is 13.1 Å². The van der Waals surface area contributed by atoms with E-state index < -0.39 is 21.9 Å². The van der Waals surface area contributed by atoms with Crippen LogP contribution in [0.4, 0.5) is 0 Å². The number of hydrogen-bond acceptors (Lipinski definition) is 4. The molecule has 0 aliphatic heterocycles. The minimum atomic E-state index is -3.75. The molecule has 0 radical (unpaired) electrons. The Kier molecular flexibility index (Phi) is 4.30. The molecular formula is C14H16N2O4S. The fourth-order valence-electron chi connectivity index (χ4n) is 2.55. The number of carboxylic acid groups (broad SMARTS) is 1. The Morgan fingerprint density at radius 2 is 2.14 bits per heavy atom. The molecular weight excluding hydrogens is 292 g/mol. The lowest BCUT2D eigenvalue weighted by atomic mass is 10.1. The van der Waals surface area contributed by atoms with Gasteiger partial charge in [-0.2, -0.15) is 5.26 Å². The third-order valence-electron chi connectivity index (χ3n) is 3.71. The van der Waals surface area contributed by atoms with Crippen molar-refractivity contribution in [1.82, 2.24) is 4.72 Å². The summed E-state index contributed by atoms with van der Waals surface area (Å²) < 4.78 is 27.3. The van der Waals surface area contributed by atoms with Gasteiger partial charge in [-0.05, 0) is 43.9 Å². The van der Waals surface area contributed by atoms with E-state index in [9.17, 15) is 13.2 Å². The molecule has 2 rings (SSSR count). The first-order valence-corrected chi connectivity index (χ1v) is 8.07. The highest BCUT2D eigenvalue weighted by Gasteiger charge is 2.32. The largest absolute Gasteiger partial charge is 0.481 e. The lowest BCUT2D eigenvalue weighted by Gasteiger charge is -2.14. The van der Waals surface area contributed by atoms with Gasteiger partial charge in [0.1, 0.15) is 0 Å². The van der Waals surface area contributed by atoms with Crippen molar-refractivity contribution < 1.29 is 18.3 Å². The van der Waals surface area contributed by atoms with Crippen molar-refractivity contribution in [1.29, 1.82) is 5.26 Å². The number of nitrogens with one attached hydrogen (secondary N) is 1. The Morgan fingerprint density at radius 3 is 2.71 bits per heavy atom. The highest BCUT2D eigenvalue weighted by atomic mass is 32.2. The predicted molar refractivity (Wildman–Crippen MR) is 75.0 cm³/mol. The lowest BCUT2D eigenvalue weighted by Crippen LogP contribution is -2.33. The van der Waals surface area contributed by atoms with Crippen molar-refractivity contribution in [2.45, 2.75) is 37.1 Å². The Labute approximate surface area is 123 Å². The zero-order chi connectivity index (χ0) is 15.6. The van der Waals surface area contributed by atoms with Gasteiger partial charge in [0, 0.05) is 6.04 Å². The Balaban J connectivity index is 2.20. The van der Waals surface area contributed by atoms with Crippen molar-refractivity contribution >= 4 is 16.0 Å². The monoisotopic (exact) mass is 308 g/mol. The molecule has 1 aliphatic carbocycles. The van der Waals surface area contributed by atoms with Crippen LogP contribution in [0.1, 0.15) is 30.4 Å². The molecule has 1 aliphatic rings. The predicted octanol–water partition coefficient (Wildman–Crippen LogP) is 1.40. The maximum atomic E-state index is 12.4. The fraction of sp³-hybridized carbons (Fsp3) is 0.429. The fourth-order valence-corrected chi connectivity index (χ4v) is 4.11. The summed E-state index contributed by atoms with van der Waals surface area (Å²) in [4.78, 5) is 11.0. The second-order valence-electron chi connectivity index (χ2n) is 5.26. The Bertz CT molecular complexity index is 706. The molecule has 1 aromatic carbocycles. The molecule has 1 fully saturated rings. The number of aliphatic carboxylic acids is 1. The second-order valence-corrected chi connectivity index (χ2v) is 6.94. The molecule has 1 aromatic rings. The summed E-state index contributed by atoms with van der Waals surface area (Å²) in [5, 5.41) is 17.8. The number of sulfonamides is 1. The standard InChI is InChI=1S/C14H16N2O4S/c1-9-2-3-10(8-15)6-13(9)21(19,20)16-12-5-4-11(7-12)14(17)18/h2-3,6,11-12,16H,4-5,7H2,1H3,(H,17,18). The molecule has 112 valence electrons. The van der Waals surface area contributed by atoms with Crippen molar-refractivity contribution in [3.8, 4) is 6.07 Å². The molecule has 0 amide bonds. The lowest BCUT2D eigenvalue weighted by molar-refractivity contribution is -0.141. The third-order valence-corrected chi connectivity index (χ3v) is 5.37. The molecule has 6 nitrogen and oxygen atoms in total. The summed E-state index contributed by atoms with van der Waals surface area (Å²) in [6, 6.07) is 6.02. The quantitative estimate of drug-likeness (QED) is 0.874. The van der Waals surface area contributed by atoms with E-state index in [2.05, 4.69) is 4.72 Å². The zero-order valence-electron chi connectivity index (χ0n) is 11.5. The molecule has 0 spiro atoms. The van der Waals surface area contributed by atoms with Gasteiger partial charge in [0.2, 0.25) is 10.0 Å². The van der Waals surface area contributed by atoms with Crippen LogP contribution in [0.5, 0.6) is 0 Å². The molecule has 1 saturated carbocycles. The average molecular weight is 308 g/mol. The molecule has 21 heavy (non-hydrogen) atoms. The van der Waals surface area contributed by atoms with E-state index in [1.807, 2.05) is 6.07 Å². The van der Waals surface area contributed by atoms with E-state index in [1.54, 1.807) is 19.1 Å². The molecule has 2 unspecified atom stereocenters. The van der Waals surface area contributed by atoms with Crippen LogP contribution in [0.15, 0.2) is 23.1 Å². The van der Waals surface area contributed by atoms with Gasteiger partial charge in [0.05, 0.1) is 22.4 Å². The van der Waals surface area contributed by atoms with Gasteiger partial charge in [-0.3, -0.25) is 4.79 Å². The normalized spacial score (nSPS) is 21.9. The number of hydrogen-bond donors (Lipinski definition) is 2. The van der Waals surface area contributed by atoms with Crippen LogP contribution >= 0.6 is 0 Å². The molecule has 0 heterocycles. The van der Waals surface area contributed by atoms with E-state index in [-0.39, 0.29) is 16.5 Å². The topological polar surface area (TPSA) is 107 Å². The molecule has 0 saturated heterocycles.